The predicted molar refractivity (Wildman–Crippen MR) is 52.8 cm³/mol. The number of thiophene rings is 1. The minimum Gasteiger partial charge on any atom is -0.380 e. The molecule has 0 aliphatic carbocycles. The summed E-state index contributed by atoms with van der Waals surface area (Å²) in [7, 11) is 1.93. The van der Waals surface area contributed by atoms with Gasteiger partial charge in [-0.1, -0.05) is 0 Å². The molecule has 0 aromatic carbocycles. The number of hydrogen-bond donors (Lipinski definition) is 1. The standard InChI is InChI=1S/C8H11N3S/c1-3-11-5-7-6(10-11)4-8(9-2)12-7/h4-5,9H,3H2,1-2H3. The van der Waals surface area contributed by atoms with Crippen LogP contribution in [-0.2, 0) is 6.54 Å². The molecule has 0 amide bonds. The number of nitrogens with zero attached hydrogens (tertiary/aromatic N) is 2. The Morgan fingerprint density at radius 2 is 2.50 bits per heavy atom. The van der Waals surface area contributed by atoms with Crippen LogP contribution in [0.25, 0.3) is 10.2 Å². The van der Waals surface area contributed by atoms with E-state index in [-0.39, 0.29) is 0 Å². The zero-order chi connectivity index (χ0) is 8.55. The van der Waals surface area contributed by atoms with E-state index in [1.54, 1.807) is 11.3 Å². The second kappa shape index (κ2) is 2.79. The van der Waals surface area contributed by atoms with Gasteiger partial charge in [-0.25, -0.2) is 0 Å². The van der Waals surface area contributed by atoms with Gasteiger partial charge in [0.15, 0.2) is 0 Å². The fourth-order valence-electron chi connectivity index (χ4n) is 1.15. The lowest BCUT2D eigenvalue weighted by Crippen LogP contribution is -1.92. The van der Waals surface area contributed by atoms with Gasteiger partial charge in [-0.2, -0.15) is 5.10 Å². The molecule has 1 N–H and O–H groups in total. The second-order valence-corrected chi connectivity index (χ2v) is 3.68. The molecule has 0 saturated carbocycles. The van der Waals surface area contributed by atoms with E-state index in [0.717, 1.165) is 12.1 Å². The molecule has 0 bridgehead atoms. The maximum atomic E-state index is 4.39. The normalized spacial score (nSPS) is 10.8. The van der Waals surface area contributed by atoms with Crippen molar-refractivity contribution >= 4 is 26.6 Å². The monoisotopic (exact) mass is 181 g/mol. The molecule has 0 aliphatic heterocycles. The van der Waals surface area contributed by atoms with Gasteiger partial charge in [0.2, 0.25) is 0 Å². The van der Waals surface area contributed by atoms with Crippen LogP contribution in [0.4, 0.5) is 5.00 Å². The third-order valence-corrected chi connectivity index (χ3v) is 2.89. The van der Waals surface area contributed by atoms with Crippen LogP contribution in [0.1, 0.15) is 6.92 Å². The van der Waals surface area contributed by atoms with E-state index in [1.165, 1.54) is 9.70 Å². The summed E-state index contributed by atoms with van der Waals surface area (Å²) < 4.78 is 3.21. The van der Waals surface area contributed by atoms with Gasteiger partial charge in [-0.3, -0.25) is 4.68 Å². The Morgan fingerprint density at radius 1 is 1.67 bits per heavy atom. The molecule has 0 fully saturated rings. The average molecular weight is 181 g/mol. The summed E-state index contributed by atoms with van der Waals surface area (Å²) in [5.74, 6) is 0. The van der Waals surface area contributed by atoms with Crippen LogP contribution in [-0.4, -0.2) is 16.8 Å². The van der Waals surface area contributed by atoms with Crippen molar-refractivity contribution in [2.45, 2.75) is 13.5 Å². The molecule has 2 rings (SSSR count). The molecule has 64 valence electrons. The molecule has 0 atom stereocenters. The highest BCUT2D eigenvalue weighted by molar-refractivity contribution is 7.22. The lowest BCUT2D eigenvalue weighted by atomic mass is 10.5. The van der Waals surface area contributed by atoms with Gasteiger partial charge >= 0.3 is 0 Å². The number of hydrogen-bond acceptors (Lipinski definition) is 3. The van der Waals surface area contributed by atoms with Crippen LogP contribution in [0, 0.1) is 0 Å². The molecular formula is C8H11N3S. The molecule has 4 heteroatoms. The molecule has 2 heterocycles. The molecule has 2 aromatic heterocycles. The number of aromatic nitrogens is 2. The van der Waals surface area contributed by atoms with Crippen molar-refractivity contribution in [3.63, 3.8) is 0 Å². The van der Waals surface area contributed by atoms with E-state index >= 15 is 0 Å². The van der Waals surface area contributed by atoms with E-state index in [1.807, 2.05) is 11.7 Å². The summed E-state index contributed by atoms with van der Waals surface area (Å²) in [6, 6.07) is 2.08. The molecule has 0 unspecified atom stereocenters. The molecular weight excluding hydrogens is 170 g/mol. The molecule has 12 heavy (non-hydrogen) atoms. The van der Waals surface area contributed by atoms with Gasteiger partial charge in [0, 0.05) is 25.9 Å². The first-order chi connectivity index (χ1) is 5.83. The van der Waals surface area contributed by atoms with Crippen molar-refractivity contribution in [2.24, 2.45) is 0 Å². The second-order valence-electron chi connectivity index (χ2n) is 2.59. The molecule has 2 aromatic rings. The minimum absolute atomic E-state index is 0.941. The van der Waals surface area contributed by atoms with Gasteiger partial charge in [-0.15, -0.1) is 11.3 Å². The maximum absolute atomic E-state index is 4.39. The third-order valence-electron chi connectivity index (χ3n) is 1.81. The molecule has 0 spiro atoms. The lowest BCUT2D eigenvalue weighted by Gasteiger charge is -1.91. The summed E-state index contributed by atoms with van der Waals surface area (Å²) in [5, 5.41) is 8.67. The van der Waals surface area contributed by atoms with E-state index in [2.05, 4.69) is 29.6 Å². The summed E-state index contributed by atoms with van der Waals surface area (Å²) in [6.45, 7) is 3.03. The van der Waals surface area contributed by atoms with Gasteiger partial charge in [-0.05, 0) is 6.92 Å². The SMILES string of the molecule is CCn1cc2sc(NC)cc2n1. The van der Waals surface area contributed by atoms with Crippen LogP contribution in [0.15, 0.2) is 12.3 Å². The fourth-order valence-corrected chi connectivity index (χ4v) is 2.04. The van der Waals surface area contributed by atoms with Gasteiger partial charge < -0.3 is 5.32 Å². The van der Waals surface area contributed by atoms with E-state index in [9.17, 15) is 0 Å². The quantitative estimate of drug-likeness (QED) is 0.769. The molecule has 0 saturated heterocycles. The van der Waals surface area contributed by atoms with E-state index in [4.69, 9.17) is 0 Å². The lowest BCUT2D eigenvalue weighted by molar-refractivity contribution is 0.668. The van der Waals surface area contributed by atoms with Crippen LogP contribution in [0.2, 0.25) is 0 Å². The highest BCUT2D eigenvalue weighted by Crippen LogP contribution is 2.27. The molecule has 3 nitrogen and oxygen atoms in total. The van der Waals surface area contributed by atoms with Gasteiger partial charge in [0.25, 0.3) is 0 Å². The van der Waals surface area contributed by atoms with E-state index < -0.39 is 0 Å². The van der Waals surface area contributed by atoms with Crippen LogP contribution >= 0.6 is 11.3 Å². The van der Waals surface area contributed by atoms with Crippen LogP contribution < -0.4 is 5.32 Å². The summed E-state index contributed by atoms with van der Waals surface area (Å²) in [5.41, 5.74) is 1.09. The number of anilines is 1. The van der Waals surface area contributed by atoms with Crippen molar-refractivity contribution in [3.8, 4) is 0 Å². The predicted octanol–water partition coefficient (Wildman–Crippen LogP) is 2.16. The molecule has 0 radical (unpaired) electrons. The van der Waals surface area contributed by atoms with Crippen molar-refractivity contribution < 1.29 is 0 Å². The number of aryl methyl sites for hydroxylation is 1. The number of nitrogens with one attached hydrogen (secondary N) is 1. The Morgan fingerprint density at radius 3 is 3.08 bits per heavy atom. The highest BCUT2D eigenvalue weighted by Gasteiger charge is 2.03. The largest absolute Gasteiger partial charge is 0.380 e. The van der Waals surface area contributed by atoms with Gasteiger partial charge in [0.1, 0.15) is 5.52 Å². The van der Waals surface area contributed by atoms with Gasteiger partial charge in [0.05, 0.1) is 9.70 Å². The maximum Gasteiger partial charge on any atom is 0.105 e. The third kappa shape index (κ3) is 1.08. The summed E-state index contributed by atoms with van der Waals surface area (Å²) in [6.07, 6.45) is 2.08. The van der Waals surface area contributed by atoms with Crippen molar-refractivity contribution in [2.75, 3.05) is 12.4 Å². The Balaban J connectivity index is 2.52. The smallest absolute Gasteiger partial charge is 0.105 e. The first-order valence-corrected chi connectivity index (χ1v) is 4.80. The van der Waals surface area contributed by atoms with E-state index in [0.29, 0.717) is 0 Å². The first-order valence-electron chi connectivity index (χ1n) is 3.98. The highest BCUT2D eigenvalue weighted by atomic mass is 32.1. The topological polar surface area (TPSA) is 29.9 Å². The Bertz CT molecular complexity index is 323. The minimum atomic E-state index is 0.941. The van der Waals surface area contributed by atoms with Crippen molar-refractivity contribution in [3.05, 3.63) is 12.3 Å². The van der Waals surface area contributed by atoms with Crippen molar-refractivity contribution in [1.29, 1.82) is 0 Å². The average Bonchev–Trinajstić information content (AvgIpc) is 2.59. The Kier molecular flexibility index (Phi) is 1.77. The zero-order valence-corrected chi connectivity index (χ0v) is 7.98. The van der Waals surface area contributed by atoms with Crippen LogP contribution in [0.3, 0.4) is 0 Å². The first kappa shape index (κ1) is 7.61. The number of rotatable bonds is 2. The zero-order valence-electron chi connectivity index (χ0n) is 7.16. The van der Waals surface area contributed by atoms with Crippen LogP contribution in [0.5, 0.6) is 0 Å². The Hall–Kier alpha value is -1.03. The summed E-state index contributed by atoms with van der Waals surface area (Å²) >= 11 is 1.74. The summed E-state index contributed by atoms with van der Waals surface area (Å²) in [4.78, 5) is 0. The fraction of sp³-hybridized carbons (Fsp3) is 0.375. The van der Waals surface area contributed by atoms with Crippen molar-refractivity contribution in [1.82, 2.24) is 9.78 Å². The molecule has 0 aliphatic rings. The Labute approximate surface area is 75.0 Å². The number of fused-ring (bicyclic) bond motifs is 1.